The molecule has 1 unspecified atom stereocenters. The van der Waals surface area contributed by atoms with E-state index in [0.29, 0.717) is 29.8 Å². The highest BCUT2D eigenvalue weighted by atomic mass is 16.6. The average Bonchev–Trinajstić information content (AvgIpc) is 2.90. The van der Waals surface area contributed by atoms with Crippen molar-refractivity contribution in [1.29, 1.82) is 0 Å². The predicted molar refractivity (Wildman–Crippen MR) is 97.7 cm³/mol. The van der Waals surface area contributed by atoms with Gasteiger partial charge in [0.25, 0.3) is 5.56 Å². The Bertz CT molecular complexity index is 872. The van der Waals surface area contributed by atoms with E-state index in [1.165, 1.54) is 0 Å². The highest BCUT2D eigenvalue weighted by Crippen LogP contribution is 2.41. The molecule has 0 bridgehead atoms. The number of aromatic nitrogens is 2. The molecular formula is C19H24N4O3. The second-order valence-electron chi connectivity index (χ2n) is 7.49. The van der Waals surface area contributed by atoms with Crippen LogP contribution in [0.1, 0.15) is 25.1 Å². The van der Waals surface area contributed by atoms with Gasteiger partial charge in [0.1, 0.15) is 11.9 Å². The molecule has 1 spiro atoms. The summed E-state index contributed by atoms with van der Waals surface area (Å²) in [5, 5.41) is 3.90. The van der Waals surface area contributed by atoms with E-state index in [-0.39, 0.29) is 23.0 Å². The molecule has 4 rings (SSSR count). The number of esters is 1. The van der Waals surface area contributed by atoms with Crippen molar-refractivity contribution in [3.05, 3.63) is 40.4 Å². The minimum absolute atomic E-state index is 0.0466. The summed E-state index contributed by atoms with van der Waals surface area (Å²) in [4.78, 5) is 34.0. The maximum absolute atomic E-state index is 12.4. The summed E-state index contributed by atoms with van der Waals surface area (Å²) in [6, 6.07) is 7.31. The Morgan fingerprint density at radius 1 is 1.27 bits per heavy atom. The second-order valence-corrected chi connectivity index (χ2v) is 7.49. The van der Waals surface area contributed by atoms with Gasteiger partial charge in [-0.05, 0) is 45.1 Å². The van der Waals surface area contributed by atoms with Crippen LogP contribution >= 0.6 is 0 Å². The summed E-state index contributed by atoms with van der Waals surface area (Å²) in [5.41, 5.74) is 0.271. The van der Waals surface area contributed by atoms with E-state index < -0.39 is 0 Å². The Morgan fingerprint density at radius 2 is 2.04 bits per heavy atom. The van der Waals surface area contributed by atoms with E-state index in [9.17, 15) is 9.59 Å². The molecule has 2 aliphatic heterocycles. The van der Waals surface area contributed by atoms with E-state index in [4.69, 9.17) is 4.74 Å². The van der Waals surface area contributed by atoms with Gasteiger partial charge in [-0.15, -0.1) is 0 Å². The minimum Gasteiger partial charge on any atom is -0.461 e. The van der Waals surface area contributed by atoms with Crippen LogP contribution in [0.5, 0.6) is 0 Å². The maximum atomic E-state index is 12.4. The van der Waals surface area contributed by atoms with Crippen LogP contribution in [0.4, 0.5) is 0 Å². The normalized spacial score (nSPS) is 22.2. The van der Waals surface area contributed by atoms with Crippen molar-refractivity contribution in [2.24, 2.45) is 5.41 Å². The first-order valence-electron chi connectivity index (χ1n) is 9.14. The van der Waals surface area contributed by atoms with Crippen LogP contribution < -0.4 is 10.9 Å². The third-order valence-electron chi connectivity index (χ3n) is 5.48. The van der Waals surface area contributed by atoms with Gasteiger partial charge in [0.05, 0.1) is 22.9 Å². The Hall–Kier alpha value is -2.25. The molecule has 1 aromatic carbocycles. The lowest BCUT2D eigenvalue weighted by molar-refractivity contribution is -0.150. The van der Waals surface area contributed by atoms with E-state index in [2.05, 4.69) is 15.3 Å². The lowest BCUT2D eigenvalue weighted by Crippen LogP contribution is -2.39. The summed E-state index contributed by atoms with van der Waals surface area (Å²) < 4.78 is 5.66. The zero-order valence-corrected chi connectivity index (χ0v) is 15.0. The van der Waals surface area contributed by atoms with Gasteiger partial charge in [-0.1, -0.05) is 12.1 Å². The first-order valence-corrected chi connectivity index (χ1v) is 9.14. The lowest BCUT2D eigenvalue weighted by atomic mass is 9.76. The number of benzene rings is 1. The molecule has 2 aliphatic rings. The number of carbonyl (C=O) groups is 1. The Kier molecular flexibility index (Phi) is 4.50. The van der Waals surface area contributed by atoms with Gasteiger partial charge in [-0.25, -0.2) is 4.98 Å². The molecule has 2 saturated heterocycles. The van der Waals surface area contributed by atoms with E-state index in [1.54, 1.807) is 6.07 Å². The van der Waals surface area contributed by atoms with Gasteiger partial charge in [0, 0.05) is 13.0 Å². The van der Waals surface area contributed by atoms with Crippen LogP contribution in [0.25, 0.3) is 10.9 Å². The number of aromatic amines is 1. The van der Waals surface area contributed by atoms with Crippen molar-refractivity contribution in [2.45, 2.75) is 31.9 Å². The fourth-order valence-corrected chi connectivity index (χ4v) is 4.13. The first-order chi connectivity index (χ1) is 12.6. The molecule has 0 aliphatic carbocycles. The monoisotopic (exact) mass is 356 g/mol. The Balaban J connectivity index is 1.42. The second kappa shape index (κ2) is 6.81. The van der Waals surface area contributed by atoms with Crippen LogP contribution in [-0.4, -0.2) is 53.6 Å². The fraction of sp³-hybridized carbons (Fsp3) is 0.526. The van der Waals surface area contributed by atoms with Gasteiger partial charge in [0.15, 0.2) is 0 Å². The van der Waals surface area contributed by atoms with Crippen molar-refractivity contribution in [3.8, 4) is 0 Å². The summed E-state index contributed by atoms with van der Waals surface area (Å²) in [5.74, 6) is 0.576. The number of hydrogen-bond donors (Lipinski definition) is 2. The Morgan fingerprint density at radius 3 is 2.85 bits per heavy atom. The molecule has 2 aromatic rings. The van der Waals surface area contributed by atoms with Crippen molar-refractivity contribution < 1.29 is 9.53 Å². The molecule has 1 atom stereocenters. The molecule has 7 nitrogen and oxygen atoms in total. The number of nitrogens with zero attached hydrogens (tertiary/aromatic N) is 2. The number of carbonyl (C=O) groups excluding carboxylic acids is 1. The molecule has 2 N–H and O–H groups in total. The van der Waals surface area contributed by atoms with Crippen molar-refractivity contribution >= 4 is 16.9 Å². The molecule has 1 aromatic heterocycles. The third kappa shape index (κ3) is 3.24. The molecule has 0 saturated carbocycles. The maximum Gasteiger partial charge on any atom is 0.312 e. The van der Waals surface area contributed by atoms with Crippen LogP contribution in [-0.2, 0) is 16.1 Å². The van der Waals surface area contributed by atoms with Crippen LogP contribution in [0, 0.1) is 5.41 Å². The summed E-state index contributed by atoms with van der Waals surface area (Å²) in [6.07, 6.45) is 2.38. The number of likely N-dealkylation sites (N-methyl/N-ethyl adjacent to an activating group) is 1. The number of cyclic esters (lactones) is 1. The fourth-order valence-electron chi connectivity index (χ4n) is 4.13. The number of fused-ring (bicyclic) bond motifs is 1. The van der Waals surface area contributed by atoms with E-state index in [1.807, 2.05) is 30.1 Å². The molecule has 2 fully saturated rings. The molecular weight excluding hydrogens is 332 g/mol. The number of rotatable bonds is 4. The van der Waals surface area contributed by atoms with E-state index in [0.717, 1.165) is 32.4 Å². The molecule has 138 valence electrons. The van der Waals surface area contributed by atoms with Gasteiger partial charge in [0.2, 0.25) is 0 Å². The zero-order valence-electron chi connectivity index (χ0n) is 15.0. The highest BCUT2D eigenvalue weighted by molar-refractivity contribution is 5.79. The summed E-state index contributed by atoms with van der Waals surface area (Å²) in [6.45, 7) is 2.89. The topological polar surface area (TPSA) is 87.3 Å². The molecule has 0 radical (unpaired) electrons. The number of H-pyrrole nitrogens is 1. The number of piperidine rings is 1. The quantitative estimate of drug-likeness (QED) is 0.796. The molecule has 0 amide bonds. The van der Waals surface area contributed by atoms with Crippen LogP contribution in [0.2, 0.25) is 0 Å². The number of para-hydroxylation sites is 1. The largest absolute Gasteiger partial charge is 0.461 e. The minimum atomic E-state index is -0.299. The number of nitrogens with one attached hydrogen (secondary N) is 2. The molecule has 26 heavy (non-hydrogen) atoms. The average molecular weight is 356 g/mol. The Labute approximate surface area is 151 Å². The predicted octanol–water partition coefficient (Wildman–Crippen LogP) is 1.04. The summed E-state index contributed by atoms with van der Waals surface area (Å²) in [7, 11) is 1.95. The highest BCUT2D eigenvalue weighted by Gasteiger charge is 2.49. The lowest BCUT2D eigenvalue weighted by Gasteiger charge is -2.29. The summed E-state index contributed by atoms with van der Waals surface area (Å²) >= 11 is 0. The molecule has 3 heterocycles. The van der Waals surface area contributed by atoms with Gasteiger partial charge in [-0.3, -0.25) is 14.5 Å². The van der Waals surface area contributed by atoms with Gasteiger partial charge >= 0.3 is 5.97 Å². The van der Waals surface area contributed by atoms with Crippen molar-refractivity contribution in [3.63, 3.8) is 0 Å². The standard InChI is InChI=1S/C19H24N4O3/c1-23(11-13-10-19(18(25)26-13)6-8-20-9-7-19)12-16-21-15-5-3-2-4-14(15)17(24)22-16/h2-5,13,20H,6-12H2,1H3,(H,21,22,24). The number of ether oxygens (including phenoxy) is 1. The van der Waals surface area contributed by atoms with E-state index >= 15 is 0 Å². The number of hydrogen-bond acceptors (Lipinski definition) is 6. The van der Waals surface area contributed by atoms with Crippen molar-refractivity contribution in [1.82, 2.24) is 20.2 Å². The SMILES string of the molecule is CN(Cc1nc2ccccc2c(=O)[nH]1)CC1CC2(CCNCC2)C(=O)O1. The van der Waals surface area contributed by atoms with Crippen LogP contribution in [0.3, 0.4) is 0 Å². The molecule has 7 heteroatoms. The van der Waals surface area contributed by atoms with Crippen molar-refractivity contribution in [2.75, 3.05) is 26.7 Å². The smallest absolute Gasteiger partial charge is 0.312 e. The van der Waals surface area contributed by atoms with Crippen LogP contribution in [0.15, 0.2) is 29.1 Å². The van der Waals surface area contributed by atoms with Gasteiger partial charge < -0.3 is 15.0 Å². The third-order valence-corrected chi connectivity index (χ3v) is 5.48. The first kappa shape index (κ1) is 17.2. The van der Waals surface area contributed by atoms with Gasteiger partial charge in [-0.2, -0.15) is 0 Å². The zero-order chi connectivity index (χ0) is 18.1.